The largest absolute Gasteiger partial charge is 0.455 e. The Kier molecular flexibility index (Phi) is 7.39. The highest BCUT2D eigenvalue weighted by molar-refractivity contribution is 7.92. The number of hydrogen-bond acceptors (Lipinski definition) is 4. The van der Waals surface area contributed by atoms with E-state index in [1.165, 1.54) is 12.1 Å². The quantitative estimate of drug-likeness (QED) is 0.305. The molecule has 0 aromatic heterocycles. The van der Waals surface area contributed by atoms with Gasteiger partial charge in [-0.05, 0) is 61.5 Å². The van der Waals surface area contributed by atoms with Gasteiger partial charge in [-0.2, -0.15) is 0 Å². The van der Waals surface area contributed by atoms with Crippen LogP contribution in [0, 0.1) is 6.92 Å². The topological polar surface area (TPSA) is 75.7 Å². The molecule has 0 atom stereocenters. The van der Waals surface area contributed by atoms with Crippen molar-refractivity contribution in [2.45, 2.75) is 11.8 Å². The lowest BCUT2D eigenvalue weighted by Crippen LogP contribution is -2.38. The van der Waals surface area contributed by atoms with Crippen molar-refractivity contribution >= 4 is 38.9 Å². The maximum atomic E-state index is 13.5. The van der Waals surface area contributed by atoms with Gasteiger partial charge in [-0.15, -0.1) is 0 Å². The number of aryl methyl sites for hydroxylation is 1. The zero-order valence-corrected chi connectivity index (χ0v) is 20.5. The van der Waals surface area contributed by atoms with Crippen molar-refractivity contribution < 1.29 is 17.9 Å². The zero-order valence-electron chi connectivity index (χ0n) is 18.9. The van der Waals surface area contributed by atoms with E-state index in [2.05, 4.69) is 5.32 Å². The van der Waals surface area contributed by atoms with E-state index in [4.69, 9.17) is 16.3 Å². The van der Waals surface area contributed by atoms with E-state index in [1.54, 1.807) is 72.8 Å². The van der Waals surface area contributed by atoms with Gasteiger partial charge in [0.2, 0.25) is 5.91 Å². The molecule has 0 aliphatic rings. The van der Waals surface area contributed by atoms with Crippen LogP contribution in [0.5, 0.6) is 11.5 Å². The van der Waals surface area contributed by atoms with Gasteiger partial charge in [0.25, 0.3) is 10.0 Å². The monoisotopic (exact) mass is 506 g/mol. The van der Waals surface area contributed by atoms with E-state index < -0.39 is 22.5 Å². The number of sulfonamides is 1. The SMILES string of the molecule is Cc1ccc(N(CC(=O)Nc2cc(Cl)ccc2Oc2ccccc2)S(=O)(=O)c2ccccc2)cc1. The van der Waals surface area contributed by atoms with Crippen molar-refractivity contribution in [3.05, 3.63) is 114 Å². The van der Waals surface area contributed by atoms with Crippen LogP contribution in [-0.4, -0.2) is 20.9 Å². The molecule has 0 heterocycles. The van der Waals surface area contributed by atoms with Crippen LogP contribution in [0.25, 0.3) is 0 Å². The molecule has 0 aliphatic heterocycles. The molecule has 4 rings (SSSR count). The first kappa shape index (κ1) is 24.3. The third-order valence-electron chi connectivity index (χ3n) is 5.13. The van der Waals surface area contributed by atoms with Gasteiger partial charge in [0.1, 0.15) is 12.3 Å². The standard InChI is InChI=1S/C27H23ClN2O4S/c1-20-12-15-22(16-13-20)30(35(32,33)24-10-6-3-7-11-24)19-27(31)29-25-18-21(28)14-17-26(25)34-23-8-4-2-5-9-23/h2-18H,19H2,1H3,(H,29,31). The molecular formula is C27H23ClN2O4S. The fraction of sp³-hybridized carbons (Fsp3) is 0.0741. The van der Waals surface area contributed by atoms with Crippen LogP contribution >= 0.6 is 11.6 Å². The molecular weight excluding hydrogens is 484 g/mol. The molecule has 8 heteroatoms. The molecule has 0 saturated heterocycles. The number of nitrogens with zero attached hydrogens (tertiary/aromatic N) is 1. The van der Waals surface area contributed by atoms with Gasteiger partial charge >= 0.3 is 0 Å². The summed E-state index contributed by atoms with van der Waals surface area (Å²) in [7, 11) is -4.01. The van der Waals surface area contributed by atoms with E-state index in [-0.39, 0.29) is 4.90 Å². The summed E-state index contributed by atoms with van der Waals surface area (Å²) in [4.78, 5) is 13.2. The van der Waals surface area contributed by atoms with Crippen LogP contribution in [0.1, 0.15) is 5.56 Å². The number of anilines is 2. The number of rotatable bonds is 8. The Morgan fingerprint density at radius 1 is 0.886 bits per heavy atom. The number of hydrogen-bond donors (Lipinski definition) is 1. The summed E-state index contributed by atoms with van der Waals surface area (Å²) in [5.41, 5.74) is 1.67. The van der Waals surface area contributed by atoms with Gasteiger partial charge < -0.3 is 10.1 Å². The third kappa shape index (κ3) is 6.01. The van der Waals surface area contributed by atoms with Crippen molar-refractivity contribution in [3.63, 3.8) is 0 Å². The number of carbonyl (C=O) groups excluding carboxylic acids is 1. The Hall–Kier alpha value is -3.81. The van der Waals surface area contributed by atoms with Crippen LogP contribution in [-0.2, 0) is 14.8 Å². The summed E-state index contributed by atoms with van der Waals surface area (Å²) in [5, 5.41) is 3.15. The maximum Gasteiger partial charge on any atom is 0.264 e. The van der Waals surface area contributed by atoms with Crippen molar-refractivity contribution in [3.8, 4) is 11.5 Å². The van der Waals surface area contributed by atoms with Gasteiger partial charge in [0, 0.05) is 5.02 Å². The fourth-order valence-corrected chi connectivity index (χ4v) is 4.98. The molecule has 0 saturated carbocycles. The second kappa shape index (κ2) is 10.6. The average molecular weight is 507 g/mol. The van der Waals surface area contributed by atoms with Crippen LogP contribution in [0.2, 0.25) is 5.02 Å². The predicted octanol–water partition coefficient (Wildman–Crippen LogP) is 6.27. The molecule has 4 aromatic rings. The second-order valence-corrected chi connectivity index (χ2v) is 10.1. The number of benzene rings is 4. The molecule has 0 fully saturated rings. The van der Waals surface area contributed by atoms with Crippen LogP contribution < -0.4 is 14.4 Å². The lowest BCUT2D eigenvalue weighted by atomic mass is 10.2. The number of nitrogens with one attached hydrogen (secondary N) is 1. The Morgan fingerprint density at radius 3 is 2.17 bits per heavy atom. The lowest BCUT2D eigenvalue weighted by Gasteiger charge is -2.24. The zero-order chi connectivity index (χ0) is 24.8. The average Bonchev–Trinajstić information content (AvgIpc) is 2.86. The Bertz CT molecular complexity index is 1410. The minimum Gasteiger partial charge on any atom is -0.455 e. The first-order valence-corrected chi connectivity index (χ1v) is 12.6. The molecule has 4 aromatic carbocycles. The van der Waals surface area contributed by atoms with Crippen molar-refractivity contribution in [2.24, 2.45) is 0 Å². The van der Waals surface area contributed by atoms with E-state index in [1.807, 2.05) is 25.1 Å². The summed E-state index contributed by atoms with van der Waals surface area (Å²) in [6, 6.07) is 28.9. The highest BCUT2D eigenvalue weighted by atomic mass is 35.5. The summed E-state index contributed by atoms with van der Waals surface area (Å²) >= 11 is 6.16. The first-order chi connectivity index (χ1) is 16.8. The van der Waals surface area contributed by atoms with E-state index in [0.717, 1.165) is 9.87 Å². The van der Waals surface area contributed by atoms with Gasteiger partial charge in [0.05, 0.1) is 16.3 Å². The number of ether oxygens (including phenoxy) is 1. The van der Waals surface area contributed by atoms with Crippen LogP contribution in [0.15, 0.2) is 108 Å². The van der Waals surface area contributed by atoms with Gasteiger partial charge in [0.15, 0.2) is 5.75 Å². The molecule has 0 unspecified atom stereocenters. The molecule has 0 bridgehead atoms. The Balaban J connectivity index is 1.63. The third-order valence-corrected chi connectivity index (χ3v) is 7.15. The van der Waals surface area contributed by atoms with E-state index >= 15 is 0 Å². The van der Waals surface area contributed by atoms with Crippen LogP contribution in [0.4, 0.5) is 11.4 Å². The molecule has 178 valence electrons. The van der Waals surface area contributed by atoms with Crippen molar-refractivity contribution in [1.82, 2.24) is 0 Å². The normalized spacial score (nSPS) is 11.0. The predicted molar refractivity (Wildman–Crippen MR) is 139 cm³/mol. The van der Waals surface area contributed by atoms with E-state index in [0.29, 0.717) is 27.9 Å². The van der Waals surface area contributed by atoms with Gasteiger partial charge in [-0.1, -0.05) is 65.7 Å². The summed E-state index contributed by atoms with van der Waals surface area (Å²) in [5.74, 6) is 0.408. The number of para-hydroxylation sites is 1. The molecule has 0 aliphatic carbocycles. The minimum absolute atomic E-state index is 0.0873. The first-order valence-electron chi connectivity index (χ1n) is 10.8. The molecule has 1 N–H and O–H groups in total. The molecule has 0 spiro atoms. The fourth-order valence-electron chi connectivity index (χ4n) is 3.37. The second-order valence-electron chi connectivity index (χ2n) is 7.76. The molecule has 6 nitrogen and oxygen atoms in total. The Labute approximate surface area is 209 Å². The molecule has 1 amide bonds. The lowest BCUT2D eigenvalue weighted by molar-refractivity contribution is -0.114. The van der Waals surface area contributed by atoms with E-state index in [9.17, 15) is 13.2 Å². The minimum atomic E-state index is -4.01. The number of amides is 1. The summed E-state index contributed by atoms with van der Waals surface area (Å²) in [6.07, 6.45) is 0. The highest BCUT2D eigenvalue weighted by Crippen LogP contribution is 2.32. The highest BCUT2D eigenvalue weighted by Gasteiger charge is 2.27. The Morgan fingerprint density at radius 2 is 1.51 bits per heavy atom. The summed E-state index contributed by atoms with van der Waals surface area (Å²) < 4.78 is 33.9. The number of halogens is 1. The summed E-state index contributed by atoms with van der Waals surface area (Å²) in [6.45, 7) is 1.46. The smallest absolute Gasteiger partial charge is 0.264 e. The molecule has 0 radical (unpaired) electrons. The van der Waals surface area contributed by atoms with Crippen LogP contribution in [0.3, 0.4) is 0 Å². The van der Waals surface area contributed by atoms with Crippen molar-refractivity contribution in [2.75, 3.05) is 16.2 Å². The van der Waals surface area contributed by atoms with Gasteiger partial charge in [-0.25, -0.2) is 8.42 Å². The van der Waals surface area contributed by atoms with Crippen molar-refractivity contribution in [1.29, 1.82) is 0 Å². The maximum absolute atomic E-state index is 13.5. The molecule has 35 heavy (non-hydrogen) atoms. The van der Waals surface area contributed by atoms with Gasteiger partial charge in [-0.3, -0.25) is 9.10 Å². The number of carbonyl (C=O) groups is 1.